The Morgan fingerprint density at radius 1 is 1.44 bits per heavy atom. The smallest absolute Gasteiger partial charge is 0.343 e. The van der Waals surface area contributed by atoms with Gasteiger partial charge >= 0.3 is 5.97 Å². The molecule has 2 heterocycles. The van der Waals surface area contributed by atoms with E-state index >= 15 is 0 Å². The van der Waals surface area contributed by atoms with Crippen molar-refractivity contribution in [2.24, 2.45) is 0 Å². The van der Waals surface area contributed by atoms with Gasteiger partial charge in [-0.2, -0.15) is 9.78 Å². The second-order valence-corrected chi connectivity index (χ2v) is 4.19. The Hall–Kier alpha value is -1.96. The molecular formula is C10H10BrN5O2. The van der Waals surface area contributed by atoms with E-state index in [0.717, 1.165) is 4.47 Å². The Balaban J connectivity index is 2.36. The molecule has 0 aliphatic heterocycles. The van der Waals surface area contributed by atoms with Crippen LogP contribution in [0, 0.1) is 0 Å². The first-order valence-corrected chi connectivity index (χ1v) is 5.91. The lowest BCUT2D eigenvalue weighted by Gasteiger charge is -2.03. The average molecular weight is 312 g/mol. The predicted octanol–water partition coefficient (Wildman–Crippen LogP) is 1.18. The van der Waals surface area contributed by atoms with Crippen LogP contribution in [0.4, 0.5) is 5.82 Å². The summed E-state index contributed by atoms with van der Waals surface area (Å²) in [6.07, 6.45) is 4.46. The number of esters is 1. The van der Waals surface area contributed by atoms with E-state index in [1.807, 2.05) is 0 Å². The summed E-state index contributed by atoms with van der Waals surface area (Å²) in [5.41, 5.74) is 6.01. The minimum absolute atomic E-state index is 0.149. The highest BCUT2D eigenvalue weighted by Crippen LogP contribution is 2.16. The van der Waals surface area contributed by atoms with Gasteiger partial charge in [-0.15, -0.1) is 0 Å². The minimum atomic E-state index is -0.515. The zero-order valence-corrected chi connectivity index (χ0v) is 11.1. The van der Waals surface area contributed by atoms with E-state index in [4.69, 9.17) is 10.5 Å². The van der Waals surface area contributed by atoms with E-state index in [0.29, 0.717) is 0 Å². The molecule has 7 nitrogen and oxygen atoms in total. The van der Waals surface area contributed by atoms with Gasteiger partial charge in [-0.05, 0) is 22.9 Å². The summed E-state index contributed by atoms with van der Waals surface area (Å²) in [6.45, 7) is 1.99. The maximum absolute atomic E-state index is 11.6. The van der Waals surface area contributed by atoms with Crippen molar-refractivity contribution >= 4 is 27.7 Å². The van der Waals surface area contributed by atoms with Crippen molar-refractivity contribution in [2.45, 2.75) is 6.92 Å². The fraction of sp³-hybridized carbons (Fsp3) is 0.200. The Kier molecular flexibility index (Phi) is 3.56. The number of carbonyl (C=O) groups is 1. The molecule has 2 rings (SSSR count). The Morgan fingerprint density at radius 3 is 2.72 bits per heavy atom. The summed E-state index contributed by atoms with van der Waals surface area (Å²) < 4.78 is 6.87. The normalized spacial score (nSPS) is 10.3. The maximum atomic E-state index is 11.6. The first-order chi connectivity index (χ1) is 8.63. The van der Waals surface area contributed by atoms with E-state index in [1.54, 1.807) is 19.3 Å². The first kappa shape index (κ1) is 12.5. The highest BCUT2D eigenvalue weighted by atomic mass is 79.9. The van der Waals surface area contributed by atoms with Crippen molar-refractivity contribution in [1.29, 1.82) is 0 Å². The summed E-state index contributed by atoms with van der Waals surface area (Å²) in [5.74, 6) is -0.0830. The van der Waals surface area contributed by atoms with E-state index in [1.165, 1.54) is 10.9 Å². The van der Waals surface area contributed by atoms with Gasteiger partial charge in [0.25, 0.3) is 5.95 Å². The third-order valence-electron chi connectivity index (χ3n) is 2.10. The van der Waals surface area contributed by atoms with Gasteiger partial charge in [0.15, 0.2) is 0 Å². The highest BCUT2D eigenvalue weighted by Gasteiger charge is 2.17. The molecule has 2 N–H and O–H groups in total. The van der Waals surface area contributed by atoms with Gasteiger partial charge < -0.3 is 10.5 Å². The predicted molar refractivity (Wildman–Crippen MR) is 67.2 cm³/mol. The first-order valence-electron chi connectivity index (χ1n) is 5.12. The van der Waals surface area contributed by atoms with E-state index in [-0.39, 0.29) is 23.9 Å². The fourth-order valence-electron chi connectivity index (χ4n) is 1.30. The molecular weight excluding hydrogens is 302 g/mol. The van der Waals surface area contributed by atoms with Crippen molar-refractivity contribution in [3.8, 4) is 5.95 Å². The zero-order valence-electron chi connectivity index (χ0n) is 9.50. The SMILES string of the molecule is CCOC(=O)c1cnn(-c2ncc(Br)cn2)c1N. The molecule has 0 amide bonds. The number of rotatable bonds is 3. The second-order valence-electron chi connectivity index (χ2n) is 3.28. The summed E-state index contributed by atoms with van der Waals surface area (Å²) in [5, 5.41) is 3.97. The van der Waals surface area contributed by atoms with Crippen LogP contribution in [0.5, 0.6) is 0 Å². The Labute approximate surface area is 111 Å². The van der Waals surface area contributed by atoms with Gasteiger partial charge in [0.1, 0.15) is 11.4 Å². The molecule has 2 aromatic rings. The summed E-state index contributed by atoms with van der Waals surface area (Å²) in [4.78, 5) is 19.6. The molecule has 0 saturated heterocycles. The van der Waals surface area contributed by atoms with Crippen LogP contribution in [-0.2, 0) is 4.74 Å². The topological polar surface area (TPSA) is 95.9 Å². The van der Waals surface area contributed by atoms with Gasteiger partial charge in [-0.1, -0.05) is 0 Å². The standard InChI is InChI=1S/C10H10BrN5O2/c1-2-18-9(17)7-5-15-16(8(7)12)10-13-3-6(11)4-14-10/h3-5H,2,12H2,1H3. The lowest BCUT2D eigenvalue weighted by atomic mass is 10.3. The van der Waals surface area contributed by atoms with Gasteiger partial charge in [0.05, 0.1) is 17.3 Å². The van der Waals surface area contributed by atoms with Crippen molar-refractivity contribution < 1.29 is 9.53 Å². The molecule has 0 bridgehead atoms. The number of hydrogen-bond donors (Lipinski definition) is 1. The number of anilines is 1. The monoisotopic (exact) mass is 311 g/mol. The van der Waals surface area contributed by atoms with E-state index in [2.05, 4.69) is 31.0 Å². The molecule has 0 atom stereocenters. The van der Waals surface area contributed by atoms with E-state index in [9.17, 15) is 4.79 Å². The molecule has 0 aliphatic rings. The molecule has 0 saturated carbocycles. The molecule has 18 heavy (non-hydrogen) atoms. The molecule has 0 radical (unpaired) electrons. The molecule has 8 heteroatoms. The third kappa shape index (κ3) is 2.33. The van der Waals surface area contributed by atoms with Crippen LogP contribution in [0.25, 0.3) is 5.95 Å². The van der Waals surface area contributed by atoms with Crippen molar-refractivity contribution in [3.05, 3.63) is 28.6 Å². The third-order valence-corrected chi connectivity index (χ3v) is 2.51. The number of aromatic nitrogens is 4. The number of nitrogen functional groups attached to an aromatic ring is 1. The molecule has 0 fully saturated rings. The summed E-state index contributed by atoms with van der Waals surface area (Å²) in [7, 11) is 0. The van der Waals surface area contributed by atoms with Crippen LogP contribution in [0.15, 0.2) is 23.1 Å². The highest BCUT2D eigenvalue weighted by molar-refractivity contribution is 9.10. The zero-order chi connectivity index (χ0) is 13.1. The van der Waals surface area contributed by atoms with Crippen molar-refractivity contribution in [2.75, 3.05) is 12.3 Å². The minimum Gasteiger partial charge on any atom is -0.462 e. The molecule has 0 unspecified atom stereocenters. The molecule has 0 spiro atoms. The van der Waals surface area contributed by atoms with Gasteiger partial charge in [-0.3, -0.25) is 0 Å². The molecule has 2 aromatic heterocycles. The quantitative estimate of drug-likeness (QED) is 0.855. The number of halogens is 1. The number of nitrogens with two attached hydrogens (primary N) is 1. The van der Waals surface area contributed by atoms with Crippen LogP contribution >= 0.6 is 15.9 Å². The van der Waals surface area contributed by atoms with Crippen LogP contribution in [0.1, 0.15) is 17.3 Å². The van der Waals surface area contributed by atoms with Crippen LogP contribution in [0.3, 0.4) is 0 Å². The Morgan fingerprint density at radius 2 is 2.11 bits per heavy atom. The van der Waals surface area contributed by atoms with Gasteiger partial charge in [0.2, 0.25) is 0 Å². The number of ether oxygens (including phenoxy) is 1. The molecule has 0 aromatic carbocycles. The second kappa shape index (κ2) is 5.13. The van der Waals surface area contributed by atoms with E-state index < -0.39 is 5.97 Å². The van der Waals surface area contributed by atoms with Crippen LogP contribution in [-0.4, -0.2) is 32.3 Å². The molecule has 0 aliphatic carbocycles. The number of carbonyl (C=O) groups excluding carboxylic acids is 1. The van der Waals surface area contributed by atoms with Crippen LogP contribution in [0.2, 0.25) is 0 Å². The summed E-state index contributed by atoms with van der Waals surface area (Å²) >= 11 is 3.23. The summed E-state index contributed by atoms with van der Waals surface area (Å²) in [6, 6.07) is 0. The lowest BCUT2D eigenvalue weighted by Crippen LogP contribution is -2.10. The van der Waals surface area contributed by atoms with Crippen molar-refractivity contribution in [1.82, 2.24) is 19.7 Å². The maximum Gasteiger partial charge on any atom is 0.343 e. The number of nitrogens with zero attached hydrogens (tertiary/aromatic N) is 4. The fourth-order valence-corrected chi connectivity index (χ4v) is 1.50. The Bertz CT molecular complexity index is 566. The van der Waals surface area contributed by atoms with Gasteiger partial charge in [-0.25, -0.2) is 14.8 Å². The average Bonchev–Trinajstić information content (AvgIpc) is 2.73. The van der Waals surface area contributed by atoms with Crippen LogP contribution < -0.4 is 5.73 Å². The van der Waals surface area contributed by atoms with Crippen molar-refractivity contribution in [3.63, 3.8) is 0 Å². The molecule has 94 valence electrons. The number of hydrogen-bond acceptors (Lipinski definition) is 6. The largest absolute Gasteiger partial charge is 0.462 e. The van der Waals surface area contributed by atoms with Gasteiger partial charge in [0, 0.05) is 12.4 Å². The lowest BCUT2D eigenvalue weighted by molar-refractivity contribution is 0.0527.